The highest BCUT2D eigenvalue weighted by Crippen LogP contribution is 2.22. The molecule has 18 heavy (non-hydrogen) atoms. The highest BCUT2D eigenvalue weighted by molar-refractivity contribution is 9.11. The molecule has 2 heterocycles. The number of nitrogens with two attached hydrogens (primary N) is 1. The van der Waals surface area contributed by atoms with Crippen molar-refractivity contribution in [3.8, 4) is 0 Å². The van der Waals surface area contributed by atoms with E-state index in [9.17, 15) is 4.79 Å². The number of amides is 1. The molecule has 0 bridgehead atoms. The van der Waals surface area contributed by atoms with Crippen molar-refractivity contribution in [1.82, 2.24) is 9.78 Å². The van der Waals surface area contributed by atoms with Crippen LogP contribution in [-0.2, 0) is 7.05 Å². The fourth-order valence-corrected chi connectivity index (χ4v) is 2.66. The molecule has 0 aromatic carbocycles. The van der Waals surface area contributed by atoms with Crippen LogP contribution >= 0.6 is 39.5 Å². The van der Waals surface area contributed by atoms with Crippen LogP contribution < -0.4 is 11.1 Å². The van der Waals surface area contributed by atoms with Crippen LogP contribution in [0.5, 0.6) is 0 Å². The molecule has 0 aliphatic carbocycles. The number of rotatable bonds is 3. The van der Waals surface area contributed by atoms with Crippen LogP contribution in [0.1, 0.15) is 15.9 Å². The molecule has 2 aromatic heterocycles. The number of hydrogen-bond acceptors (Lipinski definition) is 4. The van der Waals surface area contributed by atoms with Crippen LogP contribution in [0, 0.1) is 0 Å². The number of anilines is 1. The number of carbonyl (C=O) groups excluding carboxylic acids is 1. The molecule has 0 radical (unpaired) electrons. The van der Waals surface area contributed by atoms with E-state index in [0.717, 1.165) is 3.79 Å². The summed E-state index contributed by atoms with van der Waals surface area (Å²) in [5, 5.41) is 8.53. The molecule has 0 unspecified atom stereocenters. The average Bonchev–Trinajstić information content (AvgIpc) is 2.87. The second kappa shape index (κ2) is 5.17. The highest BCUT2D eigenvalue weighted by atomic mass is 79.9. The van der Waals surface area contributed by atoms with Crippen molar-refractivity contribution in [1.29, 1.82) is 0 Å². The zero-order valence-electron chi connectivity index (χ0n) is 9.31. The Morgan fingerprint density at radius 1 is 1.67 bits per heavy atom. The summed E-state index contributed by atoms with van der Waals surface area (Å²) in [6, 6.07) is 1.75. The summed E-state index contributed by atoms with van der Waals surface area (Å²) in [5.41, 5.74) is 6.69. The number of aromatic nitrogens is 2. The predicted octanol–water partition coefficient (Wildman–Crippen LogP) is 2.13. The van der Waals surface area contributed by atoms with Crippen LogP contribution in [0.2, 0.25) is 0 Å². The van der Waals surface area contributed by atoms with Crippen LogP contribution in [0.15, 0.2) is 21.4 Å². The minimum atomic E-state index is -0.224. The Hall–Kier alpha value is -1.25. The minimum absolute atomic E-state index is 0.199. The normalized spacial score (nSPS) is 10.3. The third-order valence-corrected chi connectivity index (χ3v) is 3.99. The molecule has 0 fully saturated rings. The number of aryl methyl sites for hydroxylation is 1. The standard InChI is InChI=1S/C10H9BrN4OS2/c1-15-9(6(3-13-15)8(12)17)14-10(16)5-2-7(11)18-4-5/h2-4H,1H3,(H2,12,17)(H,14,16). The highest BCUT2D eigenvalue weighted by Gasteiger charge is 2.15. The molecule has 2 rings (SSSR count). The molecular weight excluding hydrogens is 336 g/mol. The summed E-state index contributed by atoms with van der Waals surface area (Å²) in [6.45, 7) is 0. The molecule has 0 saturated heterocycles. The summed E-state index contributed by atoms with van der Waals surface area (Å²) in [4.78, 5) is 12.2. The quantitative estimate of drug-likeness (QED) is 0.836. The van der Waals surface area contributed by atoms with Gasteiger partial charge in [0.05, 0.1) is 21.1 Å². The van der Waals surface area contributed by atoms with Gasteiger partial charge in [-0.2, -0.15) is 5.10 Å². The first-order valence-corrected chi connectivity index (χ1v) is 6.94. The summed E-state index contributed by atoms with van der Waals surface area (Å²) >= 11 is 9.66. The maximum absolute atomic E-state index is 12.0. The largest absolute Gasteiger partial charge is 0.389 e. The van der Waals surface area contributed by atoms with Crippen LogP contribution in [0.25, 0.3) is 0 Å². The Morgan fingerprint density at radius 2 is 2.39 bits per heavy atom. The molecule has 8 heteroatoms. The van der Waals surface area contributed by atoms with Gasteiger partial charge >= 0.3 is 0 Å². The monoisotopic (exact) mass is 344 g/mol. The van der Waals surface area contributed by atoms with Crippen molar-refractivity contribution in [2.45, 2.75) is 0 Å². The second-order valence-electron chi connectivity index (χ2n) is 3.49. The smallest absolute Gasteiger partial charge is 0.257 e. The average molecular weight is 345 g/mol. The fraction of sp³-hybridized carbons (Fsp3) is 0.100. The van der Waals surface area contributed by atoms with E-state index in [1.165, 1.54) is 22.2 Å². The van der Waals surface area contributed by atoms with Gasteiger partial charge in [-0.25, -0.2) is 0 Å². The van der Waals surface area contributed by atoms with Gasteiger partial charge in [-0.3, -0.25) is 9.48 Å². The Labute approximate surface area is 121 Å². The number of nitrogens with zero attached hydrogens (tertiary/aromatic N) is 2. The zero-order chi connectivity index (χ0) is 13.3. The van der Waals surface area contributed by atoms with Crippen molar-refractivity contribution in [2.24, 2.45) is 12.8 Å². The number of nitrogens with one attached hydrogen (secondary N) is 1. The van der Waals surface area contributed by atoms with E-state index in [-0.39, 0.29) is 10.9 Å². The Morgan fingerprint density at radius 3 is 2.94 bits per heavy atom. The van der Waals surface area contributed by atoms with Gasteiger partial charge in [-0.15, -0.1) is 11.3 Å². The van der Waals surface area contributed by atoms with E-state index >= 15 is 0 Å². The van der Waals surface area contributed by atoms with E-state index in [1.807, 2.05) is 0 Å². The number of carbonyl (C=O) groups is 1. The predicted molar refractivity (Wildman–Crippen MR) is 79.1 cm³/mol. The summed E-state index contributed by atoms with van der Waals surface area (Å²) in [7, 11) is 1.71. The molecule has 3 N–H and O–H groups in total. The number of thiocarbonyl (C=S) groups is 1. The molecule has 1 amide bonds. The summed E-state index contributed by atoms with van der Waals surface area (Å²) in [5.74, 6) is 0.271. The van der Waals surface area contributed by atoms with E-state index < -0.39 is 0 Å². The van der Waals surface area contributed by atoms with E-state index in [0.29, 0.717) is 16.9 Å². The van der Waals surface area contributed by atoms with Crippen molar-refractivity contribution in [2.75, 3.05) is 5.32 Å². The zero-order valence-corrected chi connectivity index (χ0v) is 12.5. The Balaban J connectivity index is 2.27. The van der Waals surface area contributed by atoms with Crippen LogP contribution in [-0.4, -0.2) is 20.7 Å². The second-order valence-corrected chi connectivity index (χ2v) is 6.22. The van der Waals surface area contributed by atoms with Gasteiger partial charge in [0.15, 0.2) is 0 Å². The van der Waals surface area contributed by atoms with Crippen molar-refractivity contribution in [3.05, 3.63) is 32.6 Å². The number of thiophene rings is 1. The number of hydrogen-bond donors (Lipinski definition) is 2. The molecule has 2 aromatic rings. The maximum Gasteiger partial charge on any atom is 0.257 e. The first kappa shape index (κ1) is 13.2. The van der Waals surface area contributed by atoms with Gasteiger partial charge in [0.25, 0.3) is 5.91 Å². The first-order chi connectivity index (χ1) is 8.49. The van der Waals surface area contributed by atoms with E-state index in [1.54, 1.807) is 18.5 Å². The van der Waals surface area contributed by atoms with Gasteiger partial charge in [0.1, 0.15) is 10.8 Å². The number of halogens is 1. The third kappa shape index (κ3) is 2.60. The molecule has 94 valence electrons. The van der Waals surface area contributed by atoms with Gasteiger partial charge < -0.3 is 11.1 Å². The lowest BCUT2D eigenvalue weighted by molar-refractivity contribution is 0.102. The molecular formula is C10H9BrN4OS2. The first-order valence-electron chi connectivity index (χ1n) is 4.86. The molecule has 0 aliphatic rings. The maximum atomic E-state index is 12.0. The molecule has 0 spiro atoms. The van der Waals surface area contributed by atoms with Gasteiger partial charge in [-0.1, -0.05) is 12.2 Å². The van der Waals surface area contributed by atoms with E-state index in [4.69, 9.17) is 18.0 Å². The van der Waals surface area contributed by atoms with Gasteiger partial charge in [-0.05, 0) is 22.0 Å². The van der Waals surface area contributed by atoms with Crippen molar-refractivity contribution < 1.29 is 4.79 Å². The fourth-order valence-electron chi connectivity index (χ4n) is 1.37. The molecule has 0 aliphatic heterocycles. The lowest BCUT2D eigenvalue weighted by Crippen LogP contribution is -2.18. The topological polar surface area (TPSA) is 72.9 Å². The van der Waals surface area contributed by atoms with Gasteiger partial charge in [0.2, 0.25) is 0 Å². The van der Waals surface area contributed by atoms with E-state index in [2.05, 4.69) is 26.3 Å². The Kier molecular flexibility index (Phi) is 3.79. The van der Waals surface area contributed by atoms with Crippen molar-refractivity contribution >= 4 is 56.2 Å². The molecule has 0 saturated carbocycles. The van der Waals surface area contributed by atoms with Crippen LogP contribution in [0.3, 0.4) is 0 Å². The minimum Gasteiger partial charge on any atom is -0.389 e. The lowest BCUT2D eigenvalue weighted by Gasteiger charge is -2.06. The third-order valence-electron chi connectivity index (χ3n) is 2.27. The SMILES string of the molecule is Cn1ncc(C(N)=S)c1NC(=O)c1csc(Br)c1. The summed E-state index contributed by atoms with van der Waals surface area (Å²) < 4.78 is 2.42. The van der Waals surface area contributed by atoms with Crippen molar-refractivity contribution in [3.63, 3.8) is 0 Å². The van der Waals surface area contributed by atoms with Gasteiger partial charge in [0, 0.05) is 12.4 Å². The Bertz CT molecular complexity index is 619. The lowest BCUT2D eigenvalue weighted by atomic mass is 10.3. The summed E-state index contributed by atoms with van der Waals surface area (Å²) in [6.07, 6.45) is 1.53. The van der Waals surface area contributed by atoms with Crippen LogP contribution in [0.4, 0.5) is 5.82 Å². The molecule has 5 nitrogen and oxygen atoms in total. The molecule has 0 atom stereocenters.